The summed E-state index contributed by atoms with van der Waals surface area (Å²) in [5.41, 5.74) is -4.74. The van der Waals surface area contributed by atoms with Gasteiger partial charge in [0.15, 0.2) is 0 Å². The molecule has 0 radical (unpaired) electrons. The van der Waals surface area contributed by atoms with Gasteiger partial charge in [0.05, 0.1) is 5.69 Å². The SMILES string of the molecule is C=C(C)c1cc(OS(=O)(=O)C(F)(F)F)ccn1. The number of hydrogen-bond acceptors (Lipinski definition) is 4. The van der Waals surface area contributed by atoms with Gasteiger partial charge in [0.2, 0.25) is 0 Å². The average Bonchev–Trinajstić information content (AvgIpc) is 2.15. The summed E-state index contributed by atoms with van der Waals surface area (Å²) in [6, 6.07) is 2.07. The maximum Gasteiger partial charge on any atom is 0.534 e. The minimum Gasteiger partial charge on any atom is -0.376 e. The molecule has 0 bridgehead atoms. The summed E-state index contributed by atoms with van der Waals surface area (Å²) in [4.78, 5) is 3.78. The van der Waals surface area contributed by atoms with Crippen LogP contribution in [0.1, 0.15) is 12.6 Å². The van der Waals surface area contributed by atoms with Crippen LogP contribution in [0, 0.1) is 0 Å². The molecule has 0 atom stereocenters. The summed E-state index contributed by atoms with van der Waals surface area (Å²) in [5, 5.41) is 0. The molecule has 0 saturated heterocycles. The van der Waals surface area contributed by atoms with Crippen molar-refractivity contribution < 1.29 is 25.8 Å². The fourth-order valence-electron chi connectivity index (χ4n) is 0.870. The molecule has 0 aliphatic rings. The van der Waals surface area contributed by atoms with Crippen LogP contribution in [0.15, 0.2) is 24.9 Å². The maximum absolute atomic E-state index is 12.0. The van der Waals surface area contributed by atoms with Crippen LogP contribution < -0.4 is 4.18 Å². The standard InChI is InChI=1S/C9H8F3NO3S/c1-6(2)8-5-7(3-4-13-8)16-17(14,15)9(10,11)12/h3-5H,1H2,2H3. The smallest absolute Gasteiger partial charge is 0.376 e. The van der Waals surface area contributed by atoms with E-state index in [1.54, 1.807) is 6.92 Å². The van der Waals surface area contributed by atoms with Crippen molar-refractivity contribution in [1.29, 1.82) is 0 Å². The predicted octanol–water partition coefficient (Wildman–Crippen LogP) is 2.34. The first kappa shape index (κ1) is 13.5. The number of aromatic nitrogens is 1. The molecule has 17 heavy (non-hydrogen) atoms. The quantitative estimate of drug-likeness (QED) is 0.623. The van der Waals surface area contributed by atoms with E-state index in [1.807, 2.05) is 0 Å². The highest BCUT2D eigenvalue weighted by Gasteiger charge is 2.48. The first-order chi connectivity index (χ1) is 7.63. The molecule has 0 aromatic carbocycles. The third-order valence-corrected chi connectivity index (χ3v) is 2.64. The lowest BCUT2D eigenvalue weighted by atomic mass is 10.2. The van der Waals surface area contributed by atoms with E-state index >= 15 is 0 Å². The maximum atomic E-state index is 12.0. The second kappa shape index (κ2) is 4.36. The summed E-state index contributed by atoms with van der Waals surface area (Å²) in [5.74, 6) is -0.463. The molecule has 0 fully saturated rings. The van der Waals surface area contributed by atoms with Gasteiger partial charge >= 0.3 is 15.6 Å². The minimum absolute atomic E-state index is 0.250. The van der Waals surface area contributed by atoms with Crippen molar-refractivity contribution in [3.05, 3.63) is 30.6 Å². The Balaban J connectivity index is 3.05. The number of nitrogens with zero attached hydrogens (tertiary/aromatic N) is 1. The van der Waals surface area contributed by atoms with Crippen molar-refractivity contribution in [3.63, 3.8) is 0 Å². The lowest BCUT2D eigenvalue weighted by Gasteiger charge is -2.09. The summed E-state index contributed by atoms with van der Waals surface area (Å²) >= 11 is 0. The van der Waals surface area contributed by atoms with E-state index in [4.69, 9.17) is 0 Å². The Labute approximate surface area is 95.9 Å². The van der Waals surface area contributed by atoms with E-state index in [0.29, 0.717) is 5.57 Å². The Morgan fingerprint density at radius 3 is 2.53 bits per heavy atom. The molecule has 0 unspecified atom stereocenters. The van der Waals surface area contributed by atoms with Gasteiger partial charge in [-0.3, -0.25) is 4.98 Å². The summed E-state index contributed by atoms with van der Waals surface area (Å²) in [7, 11) is -5.65. The van der Waals surface area contributed by atoms with Crippen molar-refractivity contribution in [3.8, 4) is 5.75 Å². The van der Waals surface area contributed by atoms with E-state index < -0.39 is 21.4 Å². The van der Waals surface area contributed by atoms with Crippen LogP contribution in [-0.4, -0.2) is 18.9 Å². The van der Waals surface area contributed by atoms with Crippen LogP contribution >= 0.6 is 0 Å². The summed E-state index contributed by atoms with van der Waals surface area (Å²) in [6.07, 6.45) is 1.13. The van der Waals surface area contributed by atoms with Gasteiger partial charge in [0.25, 0.3) is 0 Å². The lowest BCUT2D eigenvalue weighted by Crippen LogP contribution is -2.28. The Kier molecular flexibility index (Phi) is 3.46. The predicted molar refractivity (Wildman–Crippen MR) is 54.5 cm³/mol. The van der Waals surface area contributed by atoms with Crippen molar-refractivity contribution in [2.45, 2.75) is 12.4 Å². The molecule has 0 aliphatic heterocycles. The fourth-order valence-corrected chi connectivity index (χ4v) is 1.32. The zero-order valence-electron chi connectivity index (χ0n) is 8.65. The number of pyridine rings is 1. The Hall–Kier alpha value is -1.57. The van der Waals surface area contributed by atoms with Crippen LogP contribution in [0.3, 0.4) is 0 Å². The fraction of sp³-hybridized carbons (Fsp3) is 0.222. The molecule has 0 aliphatic carbocycles. The van der Waals surface area contributed by atoms with Crippen molar-refractivity contribution in [1.82, 2.24) is 4.98 Å². The molecule has 0 saturated carbocycles. The molecule has 1 aromatic heterocycles. The second-order valence-corrected chi connectivity index (χ2v) is 4.68. The van der Waals surface area contributed by atoms with Gasteiger partial charge in [-0.25, -0.2) is 0 Å². The molecular weight excluding hydrogens is 259 g/mol. The second-order valence-electron chi connectivity index (χ2n) is 3.14. The van der Waals surface area contributed by atoms with Crippen LogP contribution in [0.25, 0.3) is 5.57 Å². The van der Waals surface area contributed by atoms with E-state index in [-0.39, 0.29) is 5.69 Å². The highest BCUT2D eigenvalue weighted by Crippen LogP contribution is 2.27. The van der Waals surface area contributed by atoms with Crippen molar-refractivity contribution in [2.75, 3.05) is 0 Å². The third kappa shape index (κ3) is 3.19. The Bertz CT molecular complexity index is 537. The molecule has 1 rings (SSSR count). The Morgan fingerprint density at radius 1 is 1.47 bits per heavy atom. The molecule has 0 N–H and O–H groups in total. The molecule has 0 amide bonds. The normalized spacial score (nSPS) is 12.2. The largest absolute Gasteiger partial charge is 0.534 e. The van der Waals surface area contributed by atoms with Crippen LogP contribution in [0.2, 0.25) is 0 Å². The molecular formula is C9H8F3NO3S. The number of allylic oxidation sites excluding steroid dienone is 1. The van der Waals surface area contributed by atoms with Crippen LogP contribution in [0.4, 0.5) is 13.2 Å². The number of halogens is 3. The number of rotatable bonds is 3. The topological polar surface area (TPSA) is 56.3 Å². The zero-order chi connectivity index (χ0) is 13.3. The van der Waals surface area contributed by atoms with Crippen LogP contribution in [-0.2, 0) is 10.1 Å². The first-order valence-electron chi connectivity index (χ1n) is 4.26. The molecule has 1 heterocycles. The highest BCUT2D eigenvalue weighted by molar-refractivity contribution is 7.87. The van der Waals surface area contributed by atoms with E-state index in [1.165, 1.54) is 0 Å². The minimum atomic E-state index is -5.65. The van der Waals surface area contributed by atoms with Gasteiger partial charge in [-0.15, -0.1) is 0 Å². The van der Waals surface area contributed by atoms with Gasteiger partial charge in [-0.2, -0.15) is 21.6 Å². The zero-order valence-corrected chi connectivity index (χ0v) is 9.47. The van der Waals surface area contributed by atoms with Crippen molar-refractivity contribution >= 4 is 15.7 Å². The van der Waals surface area contributed by atoms with Gasteiger partial charge in [0, 0.05) is 18.3 Å². The van der Waals surface area contributed by atoms with E-state index in [0.717, 1.165) is 18.3 Å². The summed E-state index contributed by atoms with van der Waals surface area (Å²) < 4.78 is 61.4. The molecule has 1 aromatic rings. The van der Waals surface area contributed by atoms with Gasteiger partial charge in [-0.1, -0.05) is 6.58 Å². The molecule has 0 spiro atoms. The van der Waals surface area contributed by atoms with Gasteiger partial charge < -0.3 is 4.18 Å². The average molecular weight is 267 g/mol. The van der Waals surface area contributed by atoms with Gasteiger partial charge in [0.1, 0.15) is 5.75 Å². The number of alkyl halides is 3. The summed E-state index contributed by atoms with van der Waals surface area (Å²) in [6.45, 7) is 5.10. The van der Waals surface area contributed by atoms with Crippen LogP contribution in [0.5, 0.6) is 5.75 Å². The lowest BCUT2D eigenvalue weighted by molar-refractivity contribution is -0.0500. The molecule has 8 heteroatoms. The first-order valence-corrected chi connectivity index (χ1v) is 5.67. The van der Waals surface area contributed by atoms with Crippen molar-refractivity contribution in [2.24, 2.45) is 0 Å². The highest BCUT2D eigenvalue weighted by atomic mass is 32.2. The Morgan fingerprint density at radius 2 is 2.06 bits per heavy atom. The molecule has 4 nitrogen and oxygen atoms in total. The molecule has 94 valence electrons. The number of hydrogen-bond donors (Lipinski definition) is 0. The van der Waals surface area contributed by atoms with E-state index in [2.05, 4.69) is 15.7 Å². The monoisotopic (exact) mass is 267 g/mol. The van der Waals surface area contributed by atoms with E-state index in [9.17, 15) is 21.6 Å². The third-order valence-electron chi connectivity index (χ3n) is 1.66. The van der Waals surface area contributed by atoms with Gasteiger partial charge in [-0.05, 0) is 12.5 Å².